The van der Waals surface area contributed by atoms with Crippen LogP contribution in [0.2, 0.25) is 0 Å². The minimum Gasteiger partial charge on any atom is -0.271 e. The van der Waals surface area contributed by atoms with Gasteiger partial charge >= 0.3 is 0 Å². The molecule has 0 spiro atoms. The van der Waals surface area contributed by atoms with E-state index >= 15 is 0 Å². The van der Waals surface area contributed by atoms with E-state index < -0.39 is 0 Å². The van der Waals surface area contributed by atoms with Gasteiger partial charge in [0.2, 0.25) is 0 Å². The van der Waals surface area contributed by atoms with Gasteiger partial charge in [-0.25, -0.2) is 0 Å². The van der Waals surface area contributed by atoms with Crippen molar-refractivity contribution < 1.29 is 0 Å². The van der Waals surface area contributed by atoms with Crippen molar-refractivity contribution in [3.63, 3.8) is 0 Å². The Bertz CT molecular complexity index is 325. The van der Waals surface area contributed by atoms with Crippen LogP contribution in [0, 0.1) is 11.8 Å². The molecule has 2 rings (SSSR count). The molecule has 3 nitrogen and oxygen atoms in total. The summed E-state index contributed by atoms with van der Waals surface area (Å²) in [6.45, 7) is 2.35. The van der Waals surface area contributed by atoms with E-state index in [0.29, 0.717) is 12.0 Å². The Morgan fingerprint density at radius 3 is 3.06 bits per heavy atom. The highest BCUT2D eigenvalue weighted by Gasteiger charge is 2.26. The van der Waals surface area contributed by atoms with Crippen molar-refractivity contribution in [3.8, 4) is 0 Å². The predicted molar refractivity (Wildman–Crippen MR) is 70.2 cm³/mol. The van der Waals surface area contributed by atoms with Crippen molar-refractivity contribution in [2.24, 2.45) is 17.7 Å². The molecule has 3 atom stereocenters. The summed E-state index contributed by atoms with van der Waals surface area (Å²) in [6, 6.07) is 4.51. The van der Waals surface area contributed by atoms with E-state index in [1.54, 1.807) is 0 Å². The molecule has 0 amide bonds. The molecule has 0 radical (unpaired) electrons. The number of hydrogen-bond donors (Lipinski definition) is 2. The molecule has 3 heteroatoms. The number of hydrogen-bond acceptors (Lipinski definition) is 3. The Kier molecular flexibility index (Phi) is 4.51. The van der Waals surface area contributed by atoms with Gasteiger partial charge in [-0.1, -0.05) is 25.8 Å². The number of nitrogens with two attached hydrogens (primary N) is 1. The van der Waals surface area contributed by atoms with Crippen LogP contribution in [0.3, 0.4) is 0 Å². The van der Waals surface area contributed by atoms with Crippen molar-refractivity contribution in [1.82, 2.24) is 10.4 Å². The zero-order valence-electron chi connectivity index (χ0n) is 10.6. The first-order valence-electron chi connectivity index (χ1n) is 6.64. The molecule has 0 bridgehead atoms. The Morgan fingerprint density at radius 1 is 1.53 bits per heavy atom. The van der Waals surface area contributed by atoms with Crippen LogP contribution >= 0.6 is 0 Å². The van der Waals surface area contributed by atoms with E-state index in [-0.39, 0.29) is 0 Å². The van der Waals surface area contributed by atoms with Crippen LogP contribution in [-0.2, 0) is 6.42 Å². The van der Waals surface area contributed by atoms with Gasteiger partial charge in [0.25, 0.3) is 0 Å². The van der Waals surface area contributed by atoms with Crippen LogP contribution in [0.25, 0.3) is 0 Å². The molecule has 17 heavy (non-hydrogen) atoms. The summed E-state index contributed by atoms with van der Waals surface area (Å²) in [5.41, 5.74) is 4.28. The van der Waals surface area contributed by atoms with Crippen LogP contribution in [0.1, 0.15) is 38.2 Å². The number of nitrogens with zero attached hydrogens (tertiary/aromatic N) is 1. The molecule has 0 aromatic carbocycles. The number of aromatic nitrogens is 1. The molecular formula is C14H23N3. The average Bonchev–Trinajstić information content (AvgIpc) is 2.37. The van der Waals surface area contributed by atoms with Crippen LogP contribution in [0.4, 0.5) is 0 Å². The summed E-state index contributed by atoms with van der Waals surface area (Å²) in [4.78, 5) is 4.16. The average molecular weight is 233 g/mol. The topological polar surface area (TPSA) is 50.9 Å². The normalized spacial score (nSPS) is 26.7. The molecule has 1 aromatic heterocycles. The van der Waals surface area contributed by atoms with Gasteiger partial charge in [-0.05, 0) is 42.7 Å². The SMILES string of the molecule is CC1CCCC(C(Cc2cccnc2)NN)C1. The smallest absolute Gasteiger partial charge is 0.0300 e. The number of pyridine rings is 1. The van der Waals surface area contributed by atoms with Crippen molar-refractivity contribution in [3.05, 3.63) is 30.1 Å². The first-order valence-corrected chi connectivity index (χ1v) is 6.64. The molecule has 1 saturated carbocycles. The summed E-state index contributed by atoms with van der Waals surface area (Å²) in [5.74, 6) is 7.28. The van der Waals surface area contributed by atoms with Crippen LogP contribution in [0.15, 0.2) is 24.5 Å². The maximum absolute atomic E-state index is 5.73. The summed E-state index contributed by atoms with van der Waals surface area (Å²) in [7, 11) is 0. The second kappa shape index (κ2) is 6.12. The molecule has 0 aliphatic heterocycles. The number of nitrogens with one attached hydrogen (secondary N) is 1. The van der Waals surface area contributed by atoms with Gasteiger partial charge in [-0.3, -0.25) is 16.3 Å². The fraction of sp³-hybridized carbons (Fsp3) is 0.643. The first kappa shape index (κ1) is 12.5. The Labute approximate surface area is 104 Å². The van der Waals surface area contributed by atoms with Crippen LogP contribution in [0.5, 0.6) is 0 Å². The Balaban J connectivity index is 1.96. The lowest BCUT2D eigenvalue weighted by atomic mass is 9.77. The zero-order chi connectivity index (χ0) is 12.1. The highest BCUT2D eigenvalue weighted by atomic mass is 15.2. The summed E-state index contributed by atoms with van der Waals surface area (Å²) in [6.07, 6.45) is 10.1. The Hall–Kier alpha value is -0.930. The van der Waals surface area contributed by atoms with E-state index in [1.807, 2.05) is 18.5 Å². The third-order valence-electron chi connectivity index (χ3n) is 3.94. The maximum atomic E-state index is 5.73. The molecule has 1 fully saturated rings. The van der Waals surface area contributed by atoms with E-state index in [9.17, 15) is 0 Å². The molecule has 1 heterocycles. The molecule has 94 valence electrons. The summed E-state index contributed by atoms with van der Waals surface area (Å²) < 4.78 is 0. The molecule has 0 saturated heterocycles. The third kappa shape index (κ3) is 3.51. The van der Waals surface area contributed by atoms with Gasteiger partial charge < -0.3 is 0 Å². The van der Waals surface area contributed by atoms with Crippen LogP contribution < -0.4 is 11.3 Å². The van der Waals surface area contributed by atoms with Crippen molar-refractivity contribution >= 4 is 0 Å². The monoisotopic (exact) mass is 233 g/mol. The van der Waals surface area contributed by atoms with E-state index in [1.165, 1.54) is 31.2 Å². The summed E-state index contributed by atoms with van der Waals surface area (Å²) in [5, 5.41) is 0. The lowest BCUT2D eigenvalue weighted by Gasteiger charge is -2.33. The quantitative estimate of drug-likeness (QED) is 0.619. The van der Waals surface area contributed by atoms with Gasteiger partial charge in [0.05, 0.1) is 0 Å². The van der Waals surface area contributed by atoms with Crippen molar-refractivity contribution in [1.29, 1.82) is 0 Å². The molecule has 3 unspecified atom stereocenters. The standard InChI is InChI=1S/C14H23N3/c1-11-4-2-6-13(8-11)14(17-15)9-12-5-3-7-16-10-12/h3,5,7,10-11,13-14,17H,2,4,6,8-9,15H2,1H3. The van der Waals surface area contributed by atoms with E-state index in [4.69, 9.17) is 5.84 Å². The molecule has 1 aliphatic rings. The second-order valence-corrected chi connectivity index (χ2v) is 5.37. The van der Waals surface area contributed by atoms with Crippen LogP contribution in [-0.4, -0.2) is 11.0 Å². The maximum Gasteiger partial charge on any atom is 0.0300 e. The lowest BCUT2D eigenvalue weighted by molar-refractivity contribution is 0.222. The van der Waals surface area contributed by atoms with Gasteiger partial charge in [-0.2, -0.15) is 0 Å². The second-order valence-electron chi connectivity index (χ2n) is 5.37. The first-order chi connectivity index (χ1) is 8.29. The van der Waals surface area contributed by atoms with Crippen molar-refractivity contribution in [2.75, 3.05) is 0 Å². The third-order valence-corrected chi connectivity index (χ3v) is 3.94. The highest BCUT2D eigenvalue weighted by Crippen LogP contribution is 2.31. The number of hydrazine groups is 1. The zero-order valence-corrected chi connectivity index (χ0v) is 10.6. The highest BCUT2D eigenvalue weighted by molar-refractivity contribution is 5.10. The largest absolute Gasteiger partial charge is 0.271 e. The minimum absolute atomic E-state index is 0.391. The van der Waals surface area contributed by atoms with E-state index in [2.05, 4.69) is 23.4 Å². The molecule has 1 aliphatic carbocycles. The lowest BCUT2D eigenvalue weighted by Crippen LogP contribution is -2.43. The molecule has 3 N–H and O–H groups in total. The minimum atomic E-state index is 0.391. The van der Waals surface area contributed by atoms with Gasteiger partial charge in [-0.15, -0.1) is 0 Å². The predicted octanol–water partition coefficient (Wildman–Crippen LogP) is 2.28. The fourth-order valence-electron chi connectivity index (χ4n) is 2.98. The summed E-state index contributed by atoms with van der Waals surface area (Å²) >= 11 is 0. The van der Waals surface area contributed by atoms with Gasteiger partial charge in [0.1, 0.15) is 0 Å². The fourth-order valence-corrected chi connectivity index (χ4v) is 2.98. The van der Waals surface area contributed by atoms with Gasteiger partial charge in [0, 0.05) is 18.4 Å². The molecule has 1 aromatic rings. The van der Waals surface area contributed by atoms with Crippen molar-refractivity contribution in [2.45, 2.75) is 45.1 Å². The Morgan fingerprint density at radius 2 is 2.41 bits per heavy atom. The number of rotatable bonds is 4. The van der Waals surface area contributed by atoms with Gasteiger partial charge in [0.15, 0.2) is 0 Å². The van der Waals surface area contributed by atoms with E-state index in [0.717, 1.165) is 12.3 Å². The molecular weight excluding hydrogens is 210 g/mol.